The molecule has 1 amide bonds. The first-order chi connectivity index (χ1) is 36.5. The van der Waals surface area contributed by atoms with Gasteiger partial charge in [0.05, 0.1) is 25.4 Å². The maximum atomic E-state index is 12.5. The number of nitrogens with one attached hydrogen (secondary N) is 1. The fourth-order valence-electron chi connectivity index (χ4n) is 10.9. The van der Waals surface area contributed by atoms with Crippen LogP contribution in [0.2, 0.25) is 0 Å². The Bertz CT molecular complexity index is 1110. The van der Waals surface area contributed by atoms with Crippen LogP contribution in [0.5, 0.6) is 0 Å². The second kappa shape index (κ2) is 64.1. The fourth-order valence-corrected chi connectivity index (χ4v) is 10.9. The minimum atomic E-state index is -0.673. The van der Waals surface area contributed by atoms with Crippen molar-refractivity contribution in [1.29, 1.82) is 0 Å². The van der Waals surface area contributed by atoms with Crippen LogP contribution in [0, 0.1) is 0 Å². The maximum absolute atomic E-state index is 12.5. The number of allylic oxidation sites excluding steroid dienone is 2. The van der Waals surface area contributed by atoms with Crippen LogP contribution in [-0.2, 0) is 14.3 Å². The van der Waals surface area contributed by atoms with Gasteiger partial charge in [-0.15, -0.1) is 0 Å². The monoisotopic (exact) mass is 1040 g/mol. The summed E-state index contributed by atoms with van der Waals surface area (Å²) < 4.78 is 5.50. The second-order valence-electron chi connectivity index (χ2n) is 23.5. The van der Waals surface area contributed by atoms with Crippen molar-refractivity contribution < 1.29 is 24.5 Å². The Kier molecular flexibility index (Phi) is 62.9. The Morgan fingerprint density at radius 2 is 0.635 bits per heavy atom. The standard InChI is InChI=1S/C68H133NO5/c1-3-5-7-9-11-13-15-17-19-21-23-24-25-28-32-36-40-44-48-52-56-60-66(71)65(64-70)69-67(72)61-57-53-49-45-41-37-33-29-26-27-31-35-39-43-47-51-55-59-63-74-68(73)62-58-54-50-46-42-38-34-30-22-20-18-16-14-12-10-8-6-4-2/h29,33,65-66,70-71H,3-28,30-32,34-64H2,1-2H3,(H,69,72)/b33-29-. The third-order valence-corrected chi connectivity index (χ3v) is 16.1. The molecule has 0 aromatic carbocycles. The summed E-state index contributed by atoms with van der Waals surface area (Å²) in [7, 11) is 0. The Balaban J connectivity index is 3.42. The lowest BCUT2D eigenvalue weighted by Gasteiger charge is -2.22. The number of carbonyl (C=O) groups excluding carboxylic acids is 2. The average molecular weight is 1040 g/mol. The Labute approximate surface area is 463 Å². The van der Waals surface area contributed by atoms with Crippen molar-refractivity contribution in [3.8, 4) is 0 Å². The molecule has 74 heavy (non-hydrogen) atoms. The number of aliphatic hydroxyl groups is 2. The lowest BCUT2D eigenvalue weighted by Crippen LogP contribution is -2.45. The minimum absolute atomic E-state index is 0.00864. The van der Waals surface area contributed by atoms with Gasteiger partial charge >= 0.3 is 5.97 Å². The van der Waals surface area contributed by atoms with Crippen LogP contribution in [0.1, 0.15) is 386 Å². The average Bonchev–Trinajstić information content (AvgIpc) is 3.40. The van der Waals surface area contributed by atoms with Crippen LogP contribution in [0.3, 0.4) is 0 Å². The van der Waals surface area contributed by atoms with Gasteiger partial charge in [-0.2, -0.15) is 0 Å². The second-order valence-corrected chi connectivity index (χ2v) is 23.5. The molecule has 6 heteroatoms. The molecule has 440 valence electrons. The van der Waals surface area contributed by atoms with Crippen LogP contribution in [0.15, 0.2) is 12.2 Å². The summed E-state index contributed by atoms with van der Waals surface area (Å²) >= 11 is 0. The molecule has 0 aliphatic rings. The molecule has 0 spiro atoms. The van der Waals surface area contributed by atoms with Gasteiger partial charge in [0.25, 0.3) is 0 Å². The fraction of sp³-hybridized carbons (Fsp3) is 0.941. The quantitative estimate of drug-likeness (QED) is 0.0320. The van der Waals surface area contributed by atoms with Gasteiger partial charge in [-0.1, -0.05) is 334 Å². The van der Waals surface area contributed by atoms with E-state index < -0.39 is 12.1 Å². The normalized spacial score (nSPS) is 12.5. The molecular formula is C68H133NO5. The van der Waals surface area contributed by atoms with E-state index in [1.165, 1.54) is 302 Å². The molecule has 0 radical (unpaired) electrons. The summed E-state index contributed by atoms with van der Waals surface area (Å²) in [5.41, 5.74) is 0. The van der Waals surface area contributed by atoms with Crippen molar-refractivity contribution in [1.82, 2.24) is 5.32 Å². The predicted octanol–water partition coefficient (Wildman–Crippen LogP) is 21.6. The summed E-state index contributed by atoms with van der Waals surface area (Å²) in [5, 5.41) is 23.4. The number of aliphatic hydroxyl groups excluding tert-OH is 2. The first-order valence-corrected chi connectivity index (χ1v) is 33.9. The zero-order chi connectivity index (χ0) is 53.6. The molecule has 0 aromatic heterocycles. The molecule has 2 unspecified atom stereocenters. The smallest absolute Gasteiger partial charge is 0.305 e. The highest BCUT2D eigenvalue weighted by atomic mass is 16.5. The zero-order valence-electron chi connectivity index (χ0n) is 50.4. The van der Waals surface area contributed by atoms with Gasteiger partial charge in [0.2, 0.25) is 5.91 Å². The van der Waals surface area contributed by atoms with Gasteiger partial charge in [-0.05, 0) is 51.4 Å². The number of rotatable bonds is 64. The zero-order valence-corrected chi connectivity index (χ0v) is 50.4. The van der Waals surface area contributed by atoms with Crippen molar-refractivity contribution in [3.63, 3.8) is 0 Å². The Hall–Kier alpha value is -1.40. The van der Waals surface area contributed by atoms with Crippen molar-refractivity contribution in [3.05, 3.63) is 12.2 Å². The van der Waals surface area contributed by atoms with Gasteiger partial charge in [-0.25, -0.2) is 0 Å². The van der Waals surface area contributed by atoms with Crippen molar-refractivity contribution >= 4 is 11.9 Å². The molecule has 0 heterocycles. The van der Waals surface area contributed by atoms with E-state index in [0.717, 1.165) is 51.4 Å². The SMILES string of the molecule is CCCCCCCCCCCCCCCCCCCCCCCC(O)C(CO)NC(=O)CCCCCCC/C=C\CCCCCCCCCCCOC(=O)CCCCCCCCCCCCCCCCCCCC. The molecule has 0 bridgehead atoms. The Morgan fingerprint density at radius 3 is 0.959 bits per heavy atom. The van der Waals surface area contributed by atoms with E-state index in [4.69, 9.17) is 4.74 Å². The van der Waals surface area contributed by atoms with E-state index >= 15 is 0 Å². The van der Waals surface area contributed by atoms with Gasteiger partial charge in [0.1, 0.15) is 0 Å². The number of carbonyl (C=O) groups is 2. The molecule has 0 saturated heterocycles. The first-order valence-electron chi connectivity index (χ1n) is 33.9. The number of amides is 1. The number of hydrogen-bond acceptors (Lipinski definition) is 5. The van der Waals surface area contributed by atoms with Gasteiger partial charge in [0.15, 0.2) is 0 Å². The van der Waals surface area contributed by atoms with Crippen LogP contribution >= 0.6 is 0 Å². The van der Waals surface area contributed by atoms with Gasteiger partial charge in [0, 0.05) is 12.8 Å². The molecular weight excluding hydrogens is 911 g/mol. The number of unbranched alkanes of at least 4 members (excludes halogenated alkanes) is 51. The highest BCUT2D eigenvalue weighted by Crippen LogP contribution is 2.19. The van der Waals surface area contributed by atoms with Gasteiger partial charge in [-0.3, -0.25) is 9.59 Å². The number of ether oxygens (including phenoxy) is 1. The van der Waals surface area contributed by atoms with Gasteiger partial charge < -0.3 is 20.3 Å². The van der Waals surface area contributed by atoms with E-state index in [1.54, 1.807) is 0 Å². The molecule has 0 fully saturated rings. The molecule has 2 atom stereocenters. The lowest BCUT2D eigenvalue weighted by molar-refractivity contribution is -0.143. The summed E-state index contributed by atoms with van der Waals surface area (Å²) in [5.74, 6) is -0.0361. The van der Waals surface area contributed by atoms with Crippen LogP contribution < -0.4 is 5.32 Å². The van der Waals surface area contributed by atoms with E-state index in [9.17, 15) is 19.8 Å². The minimum Gasteiger partial charge on any atom is -0.466 e. The van der Waals surface area contributed by atoms with Crippen LogP contribution in [-0.4, -0.2) is 47.4 Å². The maximum Gasteiger partial charge on any atom is 0.305 e. The lowest BCUT2D eigenvalue weighted by atomic mass is 10.0. The third kappa shape index (κ3) is 59.8. The van der Waals surface area contributed by atoms with E-state index in [1.807, 2.05) is 0 Å². The predicted molar refractivity (Wildman–Crippen MR) is 324 cm³/mol. The topological polar surface area (TPSA) is 95.9 Å². The molecule has 0 aliphatic heterocycles. The highest BCUT2D eigenvalue weighted by Gasteiger charge is 2.20. The van der Waals surface area contributed by atoms with E-state index in [-0.39, 0.29) is 18.5 Å². The summed E-state index contributed by atoms with van der Waals surface area (Å²) in [4.78, 5) is 24.6. The number of esters is 1. The number of hydrogen-bond donors (Lipinski definition) is 3. The summed E-state index contributed by atoms with van der Waals surface area (Å²) in [6.07, 6.45) is 78.1. The third-order valence-electron chi connectivity index (χ3n) is 16.1. The van der Waals surface area contributed by atoms with Crippen molar-refractivity contribution in [2.24, 2.45) is 0 Å². The van der Waals surface area contributed by atoms with Crippen molar-refractivity contribution in [2.75, 3.05) is 13.2 Å². The summed E-state index contributed by atoms with van der Waals surface area (Å²) in [6.45, 7) is 4.98. The molecule has 0 rings (SSSR count). The molecule has 3 N–H and O–H groups in total. The Morgan fingerprint density at radius 1 is 0.365 bits per heavy atom. The van der Waals surface area contributed by atoms with E-state index in [0.29, 0.717) is 25.9 Å². The molecule has 6 nitrogen and oxygen atoms in total. The van der Waals surface area contributed by atoms with Crippen LogP contribution in [0.25, 0.3) is 0 Å². The van der Waals surface area contributed by atoms with E-state index in [2.05, 4.69) is 31.3 Å². The van der Waals surface area contributed by atoms with Crippen LogP contribution in [0.4, 0.5) is 0 Å². The van der Waals surface area contributed by atoms with Crippen molar-refractivity contribution in [2.45, 2.75) is 398 Å². The molecule has 0 aromatic rings. The molecule has 0 aliphatic carbocycles. The highest BCUT2D eigenvalue weighted by molar-refractivity contribution is 5.76. The molecule has 0 saturated carbocycles. The largest absolute Gasteiger partial charge is 0.466 e. The summed E-state index contributed by atoms with van der Waals surface area (Å²) in [6, 6.07) is -0.552. The first kappa shape index (κ1) is 72.6.